The number of methoxy groups -OCH3 is 1. The Morgan fingerprint density at radius 1 is 1.40 bits per heavy atom. The molecule has 1 aromatic carbocycles. The van der Waals surface area contributed by atoms with E-state index in [1.54, 1.807) is 7.11 Å². The van der Waals surface area contributed by atoms with Crippen LogP contribution in [0, 0.1) is 5.41 Å². The van der Waals surface area contributed by atoms with Gasteiger partial charge in [0.25, 0.3) is 0 Å². The Morgan fingerprint density at radius 3 is 2.80 bits per heavy atom. The lowest BCUT2D eigenvalue weighted by Crippen LogP contribution is -2.39. The van der Waals surface area contributed by atoms with Gasteiger partial charge in [0, 0.05) is 30.8 Å². The number of benzene rings is 1. The van der Waals surface area contributed by atoms with Gasteiger partial charge in [0.05, 0.1) is 12.8 Å². The second-order valence-electron chi connectivity index (χ2n) is 5.45. The molecule has 1 aliphatic heterocycles. The number of nitrogens with two attached hydrogens (primary N) is 1. The minimum absolute atomic E-state index is 0.104. The number of hydrogen-bond acceptors (Lipinski definition) is 4. The zero-order valence-electron chi connectivity index (χ0n) is 12.5. The SMILES string of the molecule is COc1ccc(C(=N)N)c(N2CCCN(C)CC2C)c1. The molecule has 1 atom stereocenters. The van der Waals surface area contributed by atoms with E-state index in [-0.39, 0.29) is 5.84 Å². The standard InChI is InChI=1S/C15H24N4O/c1-11-10-18(2)7-4-8-19(11)14-9-12(20-3)5-6-13(14)15(16)17/h5-6,9,11H,4,7-8,10H2,1-3H3,(H3,16,17). The third-order valence-electron chi connectivity index (χ3n) is 3.85. The van der Waals surface area contributed by atoms with Crippen molar-refractivity contribution < 1.29 is 4.74 Å². The van der Waals surface area contributed by atoms with Crippen LogP contribution in [0.25, 0.3) is 0 Å². The van der Waals surface area contributed by atoms with Crippen LogP contribution in [0.2, 0.25) is 0 Å². The van der Waals surface area contributed by atoms with Crippen molar-refractivity contribution in [3.63, 3.8) is 0 Å². The van der Waals surface area contributed by atoms with E-state index in [4.69, 9.17) is 15.9 Å². The first-order valence-electron chi connectivity index (χ1n) is 7.00. The molecule has 20 heavy (non-hydrogen) atoms. The molecule has 0 radical (unpaired) electrons. The van der Waals surface area contributed by atoms with E-state index in [9.17, 15) is 0 Å². The Labute approximate surface area is 120 Å². The number of nitrogen functional groups attached to an aromatic ring is 1. The maximum atomic E-state index is 7.78. The van der Waals surface area contributed by atoms with Crippen molar-refractivity contribution in [1.29, 1.82) is 5.41 Å². The van der Waals surface area contributed by atoms with E-state index in [2.05, 4.69) is 23.8 Å². The highest BCUT2D eigenvalue weighted by Gasteiger charge is 2.23. The van der Waals surface area contributed by atoms with Gasteiger partial charge < -0.3 is 20.3 Å². The normalized spacial score (nSPS) is 20.6. The minimum atomic E-state index is 0.104. The molecular formula is C15H24N4O. The zero-order valence-corrected chi connectivity index (χ0v) is 12.5. The monoisotopic (exact) mass is 276 g/mol. The summed E-state index contributed by atoms with van der Waals surface area (Å²) in [5.74, 6) is 0.905. The van der Waals surface area contributed by atoms with Crippen molar-refractivity contribution in [3.8, 4) is 5.75 Å². The lowest BCUT2D eigenvalue weighted by atomic mass is 10.1. The first-order chi connectivity index (χ1) is 9.52. The second kappa shape index (κ2) is 6.13. The van der Waals surface area contributed by atoms with E-state index in [1.807, 2.05) is 18.2 Å². The number of nitrogens with zero attached hydrogens (tertiary/aromatic N) is 2. The first kappa shape index (κ1) is 14.7. The zero-order chi connectivity index (χ0) is 14.7. The van der Waals surface area contributed by atoms with Crippen molar-refractivity contribution in [2.24, 2.45) is 5.73 Å². The molecule has 1 heterocycles. The van der Waals surface area contributed by atoms with Crippen molar-refractivity contribution >= 4 is 11.5 Å². The van der Waals surface area contributed by atoms with Crippen LogP contribution in [-0.4, -0.2) is 50.6 Å². The van der Waals surface area contributed by atoms with Crippen LogP contribution in [-0.2, 0) is 0 Å². The summed E-state index contributed by atoms with van der Waals surface area (Å²) in [6.07, 6.45) is 1.11. The highest BCUT2D eigenvalue weighted by atomic mass is 16.5. The molecule has 1 aromatic rings. The fraction of sp³-hybridized carbons (Fsp3) is 0.533. The third-order valence-corrected chi connectivity index (χ3v) is 3.85. The lowest BCUT2D eigenvalue weighted by molar-refractivity contribution is 0.337. The minimum Gasteiger partial charge on any atom is -0.497 e. The van der Waals surface area contributed by atoms with Crippen LogP contribution in [0.3, 0.4) is 0 Å². The second-order valence-corrected chi connectivity index (χ2v) is 5.45. The fourth-order valence-electron chi connectivity index (χ4n) is 2.83. The summed E-state index contributed by atoms with van der Waals surface area (Å²) in [5, 5.41) is 7.78. The topological polar surface area (TPSA) is 65.6 Å². The van der Waals surface area contributed by atoms with Gasteiger partial charge in [-0.25, -0.2) is 0 Å². The molecule has 1 unspecified atom stereocenters. The van der Waals surface area contributed by atoms with Crippen LogP contribution < -0.4 is 15.4 Å². The summed E-state index contributed by atoms with van der Waals surface area (Å²) in [5.41, 5.74) is 7.51. The molecule has 0 aromatic heterocycles. The van der Waals surface area contributed by atoms with E-state index >= 15 is 0 Å². The molecule has 2 rings (SSSR count). The number of likely N-dealkylation sites (N-methyl/N-ethyl adjacent to an activating group) is 1. The highest BCUT2D eigenvalue weighted by molar-refractivity contribution is 6.00. The van der Waals surface area contributed by atoms with E-state index in [0.29, 0.717) is 6.04 Å². The van der Waals surface area contributed by atoms with Gasteiger partial charge in [-0.1, -0.05) is 0 Å². The van der Waals surface area contributed by atoms with Crippen molar-refractivity contribution in [2.45, 2.75) is 19.4 Å². The Hall–Kier alpha value is -1.75. The third kappa shape index (κ3) is 3.04. The number of anilines is 1. The van der Waals surface area contributed by atoms with Crippen LogP contribution >= 0.6 is 0 Å². The number of ether oxygens (including phenoxy) is 1. The molecule has 5 heteroatoms. The van der Waals surface area contributed by atoms with Crippen molar-refractivity contribution in [3.05, 3.63) is 23.8 Å². The summed E-state index contributed by atoms with van der Waals surface area (Å²) >= 11 is 0. The van der Waals surface area contributed by atoms with Crippen LogP contribution in [0.5, 0.6) is 5.75 Å². The van der Waals surface area contributed by atoms with Crippen LogP contribution in [0.15, 0.2) is 18.2 Å². The largest absolute Gasteiger partial charge is 0.497 e. The Bertz CT molecular complexity index is 489. The van der Waals surface area contributed by atoms with Crippen LogP contribution in [0.1, 0.15) is 18.9 Å². The van der Waals surface area contributed by atoms with Gasteiger partial charge in [-0.15, -0.1) is 0 Å². The molecule has 110 valence electrons. The van der Waals surface area contributed by atoms with E-state index in [1.165, 1.54) is 0 Å². The van der Waals surface area contributed by atoms with Gasteiger partial charge in [-0.3, -0.25) is 5.41 Å². The Balaban J connectivity index is 2.40. The van der Waals surface area contributed by atoms with Gasteiger partial charge in [-0.2, -0.15) is 0 Å². The van der Waals surface area contributed by atoms with Gasteiger partial charge >= 0.3 is 0 Å². The Morgan fingerprint density at radius 2 is 2.15 bits per heavy atom. The van der Waals surface area contributed by atoms with Crippen LogP contribution in [0.4, 0.5) is 5.69 Å². The molecule has 0 aliphatic carbocycles. The smallest absolute Gasteiger partial charge is 0.124 e. The molecule has 0 spiro atoms. The molecule has 1 aliphatic rings. The summed E-state index contributed by atoms with van der Waals surface area (Å²) < 4.78 is 5.32. The van der Waals surface area contributed by atoms with Crippen molar-refractivity contribution in [2.75, 3.05) is 38.7 Å². The molecule has 1 saturated heterocycles. The number of rotatable bonds is 3. The molecule has 3 N–H and O–H groups in total. The fourth-order valence-corrected chi connectivity index (χ4v) is 2.83. The molecular weight excluding hydrogens is 252 g/mol. The predicted octanol–water partition coefficient (Wildman–Crippen LogP) is 1.51. The predicted molar refractivity (Wildman–Crippen MR) is 82.9 cm³/mol. The molecule has 5 nitrogen and oxygen atoms in total. The average molecular weight is 276 g/mol. The molecule has 0 amide bonds. The highest BCUT2D eigenvalue weighted by Crippen LogP contribution is 2.28. The van der Waals surface area contributed by atoms with E-state index < -0.39 is 0 Å². The maximum absolute atomic E-state index is 7.78. The lowest BCUT2D eigenvalue weighted by Gasteiger charge is -2.32. The average Bonchev–Trinajstić information content (AvgIpc) is 2.58. The van der Waals surface area contributed by atoms with E-state index in [0.717, 1.165) is 43.1 Å². The summed E-state index contributed by atoms with van der Waals surface area (Å²) in [6, 6.07) is 6.10. The first-order valence-corrected chi connectivity index (χ1v) is 7.00. The summed E-state index contributed by atoms with van der Waals surface area (Å²) in [6.45, 7) is 5.29. The summed E-state index contributed by atoms with van der Waals surface area (Å²) in [4.78, 5) is 4.68. The number of amidine groups is 1. The molecule has 1 fully saturated rings. The maximum Gasteiger partial charge on any atom is 0.124 e. The van der Waals surface area contributed by atoms with Gasteiger partial charge in [0.1, 0.15) is 11.6 Å². The number of nitrogens with one attached hydrogen (secondary N) is 1. The number of hydrogen-bond donors (Lipinski definition) is 2. The summed E-state index contributed by atoms with van der Waals surface area (Å²) in [7, 11) is 3.81. The van der Waals surface area contributed by atoms with Gasteiger partial charge in [-0.05, 0) is 39.1 Å². The molecule has 0 saturated carbocycles. The quantitative estimate of drug-likeness (QED) is 0.649. The Kier molecular flexibility index (Phi) is 4.49. The van der Waals surface area contributed by atoms with Gasteiger partial charge in [0.15, 0.2) is 0 Å². The van der Waals surface area contributed by atoms with Gasteiger partial charge in [0.2, 0.25) is 0 Å². The van der Waals surface area contributed by atoms with Crippen molar-refractivity contribution in [1.82, 2.24) is 4.90 Å². The molecule has 0 bridgehead atoms.